The highest BCUT2D eigenvalue weighted by atomic mass is 19.1. The molecule has 0 atom stereocenters. The summed E-state index contributed by atoms with van der Waals surface area (Å²) in [5, 5.41) is 10.3. The van der Waals surface area contributed by atoms with Gasteiger partial charge in [-0.15, -0.1) is 0 Å². The Morgan fingerprint density at radius 3 is 2.34 bits per heavy atom. The number of piperidine rings is 1. The van der Waals surface area contributed by atoms with Gasteiger partial charge in [0.05, 0.1) is 0 Å². The summed E-state index contributed by atoms with van der Waals surface area (Å²) >= 11 is 0. The molecule has 1 saturated heterocycles. The van der Waals surface area contributed by atoms with Crippen molar-refractivity contribution < 1.29 is 14.0 Å². The molecule has 0 saturated carbocycles. The average Bonchev–Trinajstić information content (AvgIpc) is 3.48. The number of nitrogens with one attached hydrogen (secondary N) is 4. The van der Waals surface area contributed by atoms with Crippen LogP contribution in [0.3, 0.4) is 0 Å². The molecule has 1 aliphatic heterocycles. The van der Waals surface area contributed by atoms with Crippen molar-refractivity contribution in [3.63, 3.8) is 0 Å². The van der Waals surface area contributed by atoms with Gasteiger partial charge in [0.1, 0.15) is 11.4 Å². The second kappa shape index (κ2) is 10.1. The van der Waals surface area contributed by atoms with Crippen LogP contribution in [0.25, 0.3) is 22.0 Å². The van der Waals surface area contributed by atoms with Crippen LogP contribution in [-0.4, -0.2) is 42.0 Å². The molecule has 0 unspecified atom stereocenters. The molecule has 0 radical (unpaired) electrons. The molecule has 194 valence electrons. The van der Waals surface area contributed by atoms with Gasteiger partial charge in [-0.2, -0.15) is 0 Å². The van der Waals surface area contributed by atoms with E-state index in [2.05, 4.69) is 45.2 Å². The molecule has 38 heavy (non-hydrogen) atoms. The van der Waals surface area contributed by atoms with Crippen molar-refractivity contribution in [3.8, 4) is 11.1 Å². The second-order valence-electron chi connectivity index (χ2n) is 10.3. The van der Waals surface area contributed by atoms with E-state index in [4.69, 9.17) is 0 Å². The number of carbonyl (C=O) groups excluding carboxylic acids is 2. The molecule has 4 aromatic rings. The molecule has 1 aliphatic carbocycles. The Hall–Kier alpha value is -3.97. The average molecular weight is 511 g/mol. The summed E-state index contributed by atoms with van der Waals surface area (Å²) in [5.41, 5.74) is 5.52. The van der Waals surface area contributed by atoms with Crippen molar-refractivity contribution in [1.82, 2.24) is 20.9 Å². The highest BCUT2D eigenvalue weighted by Gasteiger charge is 2.41. The molecule has 2 heterocycles. The van der Waals surface area contributed by atoms with E-state index in [1.165, 1.54) is 23.3 Å². The molecule has 1 aromatic heterocycles. The van der Waals surface area contributed by atoms with Crippen LogP contribution in [0.4, 0.5) is 4.39 Å². The fraction of sp³-hybridized carbons (Fsp3) is 0.290. The van der Waals surface area contributed by atoms with Crippen molar-refractivity contribution in [3.05, 3.63) is 95.4 Å². The van der Waals surface area contributed by atoms with Gasteiger partial charge in [-0.3, -0.25) is 9.59 Å². The third kappa shape index (κ3) is 4.47. The first-order valence-electron chi connectivity index (χ1n) is 13.3. The summed E-state index contributed by atoms with van der Waals surface area (Å²) in [5.74, 6) is -0.603. The van der Waals surface area contributed by atoms with Crippen molar-refractivity contribution in [2.24, 2.45) is 0 Å². The predicted molar refractivity (Wildman–Crippen MR) is 146 cm³/mol. The van der Waals surface area contributed by atoms with Crippen molar-refractivity contribution in [2.45, 2.75) is 37.1 Å². The number of hydrogen-bond donors (Lipinski definition) is 4. The Balaban J connectivity index is 1.15. The van der Waals surface area contributed by atoms with Gasteiger partial charge in [0.2, 0.25) is 11.8 Å². The maximum absolute atomic E-state index is 13.7. The zero-order valence-electron chi connectivity index (χ0n) is 21.1. The highest BCUT2D eigenvalue weighted by molar-refractivity contribution is 5.93. The first kappa shape index (κ1) is 24.4. The van der Waals surface area contributed by atoms with Crippen molar-refractivity contribution in [1.29, 1.82) is 0 Å². The molecule has 2 aliphatic rings. The third-order valence-electron chi connectivity index (χ3n) is 8.03. The maximum Gasteiger partial charge on any atom is 0.245 e. The molecule has 7 heteroatoms. The van der Waals surface area contributed by atoms with Crippen LogP contribution < -0.4 is 16.0 Å². The molecule has 2 amide bonds. The summed E-state index contributed by atoms with van der Waals surface area (Å²) in [6.45, 7) is 1.71. The minimum atomic E-state index is -0.952. The predicted octanol–water partition coefficient (Wildman–Crippen LogP) is 4.41. The lowest BCUT2D eigenvalue weighted by molar-refractivity contribution is -0.134. The first-order chi connectivity index (χ1) is 18.5. The number of halogens is 1. The molecular weight excluding hydrogens is 479 g/mol. The fourth-order valence-electron chi connectivity index (χ4n) is 6.08. The van der Waals surface area contributed by atoms with E-state index in [1.54, 1.807) is 6.07 Å². The number of carbonyl (C=O) groups is 2. The molecule has 6 nitrogen and oxygen atoms in total. The standard InChI is InChI=1S/C31H31FN4O2/c32-21-9-10-28-26(17-21)20(19-35-28)11-14-34-30(38)31(12-15-33-16-13-31)36-29(37)18-27-24-7-3-1-5-22(24)23-6-2-4-8-25(23)27/h1-10,17,19,27,33,35H,11-16,18H2,(H,34,38)(H,36,37). The Morgan fingerprint density at radius 1 is 0.947 bits per heavy atom. The van der Waals surface area contributed by atoms with Gasteiger partial charge in [-0.1, -0.05) is 48.5 Å². The lowest BCUT2D eigenvalue weighted by Crippen LogP contribution is -2.63. The van der Waals surface area contributed by atoms with E-state index in [0.29, 0.717) is 38.9 Å². The molecule has 4 N–H and O–H groups in total. The van der Waals surface area contributed by atoms with Gasteiger partial charge in [-0.25, -0.2) is 4.39 Å². The van der Waals surface area contributed by atoms with Crippen LogP contribution >= 0.6 is 0 Å². The van der Waals surface area contributed by atoms with E-state index in [-0.39, 0.29) is 30.0 Å². The van der Waals surface area contributed by atoms with E-state index >= 15 is 0 Å². The van der Waals surface area contributed by atoms with E-state index in [0.717, 1.165) is 27.6 Å². The highest BCUT2D eigenvalue weighted by Crippen LogP contribution is 2.46. The number of hydrogen-bond acceptors (Lipinski definition) is 3. The molecule has 0 bridgehead atoms. The largest absolute Gasteiger partial charge is 0.361 e. The fourth-order valence-corrected chi connectivity index (χ4v) is 6.08. The molecule has 1 fully saturated rings. The van der Waals surface area contributed by atoms with Crippen LogP contribution in [-0.2, 0) is 16.0 Å². The number of aromatic nitrogens is 1. The van der Waals surface area contributed by atoms with Gasteiger partial charge in [-0.05, 0) is 78.4 Å². The van der Waals surface area contributed by atoms with Crippen molar-refractivity contribution in [2.75, 3.05) is 19.6 Å². The summed E-state index contributed by atoms with van der Waals surface area (Å²) in [4.78, 5) is 30.2. The van der Waals surface area contributed by atoms with Gasteiger partial charge in [0.25, 0.3) is 0 Å². The number of amides is 2. The quantitative estimate of drug-likeness (QED) is 0.297. The number of H-pyrrole nitrogens is 1. The van der Waals surface area contributed by atoms with Crippen LogP contribution in [0.15, 0.2) is 72.9 Å². The Labute approximate surface area is 221 Å². The minimum absolute atomic E-state index is 0.0357. The lowest BCUT2D eigenvalue weighted by Gasteiger charge is -2.37. The Kier molecular flexibility index (Phi) is 6.45. The lowest BCUT2D eigenvalue weighted by atomic mass is 9.86. The second-order valence-corrected chi connectivity index (χ2v) is 10.3. The zero-order chi connectivity index (χ0) is 26.1. The van der Waals surface area contributed by atoms with Gasteiger partial charge >= 0.3 is 0 Å². The normalized spacial score (nSPS) is 16.1. The Bertz CT molecular complexity index is 1460. The smallest absolute Gasteiger partial charge is 0.245 e. The third-order valence-corrected chi connectivity index (χ3v) is 8.03. The Morgan fingerprint density at radius 2 is 1.63 bits per heavy atom. The van der Waals surface area contributed by atoms with Crippen LogP contribution in [0.2, 0.25) is 0 Å². The number of fused-ring (bicyclic) bond motifs is 4. The first-order valence-corrected chi connectivity index (χ1v) is 13.3. The molecule has 6 rings (SSSR count). The SMILES string of the molecule is O=C(CC1c2ccccc2-c2ccccc21)NC1(C(=O)NCCc2c[nH]c3ccc(F)cc23)CCNCC1. The van der Waals surface area contributed by atoms with Crippen LogP contribution in [0.5, 0.6) is 0 Å². The van der Waals surface area contributed by atoms with Crippen LogP contribution in [0.1, 0.15) is 41.9 Å². The van der Waals surface area contributed by atoms with E-state index in [1.807, 2.05) is 30.5 Å². The summed E-state index contributed by atoms with van der Waals surface area (Å²) in [6, 6.07) is 21.1. The monoisotopic (exact) mass is 510 g/mol. The number of benzene rings is 3. The molecule has 3 aromatic carbocycles. The maximum atomic E-state index is 13.7. The van der Waals surface area contributed by atoms with Gasteiger partial charge in [0.15, 0.2) is 0 Å². The zero-order valence-corrected chi connectivity index (χ0v) is 21.1. The van der Waals surface area contributed by atoms with Gasteiger partial charge in [0, 0.05) is 36.0 Å². The minimum Gasteiger partial charge on any atom is -0.361 e. The number of aromatic amines is 1. The van der Waals surface area contributed by atoms with E-state index in [9.17, 15) is 14.0 Å². The summed E-state index contributed by atoms with van der Waals surface area (Å²) in [6.07, 6.45) is 3.77. The molecule has 0 spiro atoms. The summed E-state index contributed by atoms with van der Waals surface area (Å²) < 4.78 is 13.7. The van der Waals surface area contributed by atoms with Crippen LogP contribution in [0, 0.1) is 5.82 Å². The topological polar surface area (TPSA) is 86.0 Å². The summed E-state index contributed by atoms with van der Waals surface area (Å²) in [7, 11) is 0. The molecular formula is C31H31FN4O2. The van der Waals surface area contributed by atoms with Gasteiger partial charge < -0.3 is 20.9 Å². The van der Waals surface area contributed by atoms with E-state index < -0.39 is 5.54 Å². The number of rotatable bonds is 7. The van der Waals surface area contributed by atoms with Crippen molar-refractivity contribution >= 4 is 22.7 Å².